The summed E-state index contributed by atoms with van der Waals surface area (Å²) in [5.74, 6) is 0. The van der Waals surface area contributed by atoms with Crippen molar-refractivity contribution >= 4 is 15.9 Å². The minimum atomic E-state index is -1.92. The second kappa shape index (κ2) is 3.38. The number of hydrogen-bond acceptors (Lipinski definition) is 1. The zero-order valence-electron chi connectivity index (χ0n) is 7.13. The topological polar surface area (TPSA) is 23.8 Å². The molecule has 0 heterocycles. The van der Waals surface area contributed by atoms with Crippen LogP contribution in [-0.4, -0.2) is 0 Å². The molecule has 0 radical (unpaired) electrons. The average Bonchev–Trinajstić information content (AvgIpc) is 2.05. The van der Waals surface area contributed by atoms with E-state index in [0.29, 0.717) is 10.0 Å². The zero-order valence-corrected chi connectivity index (χ0v) is 6.72. The second-order valence-corrected chi connectivity index (χ2v) is 2.57. The summed E-state index contributed by atoms with van der Waals surface area (Å²) in [5, 5.41) is 8.53. The van der Waals surface area contributed by atoms with Crippen LogP contribution in [0.2, 0.25) is 0 Å². The molecule has 0 atom stereocenters. The van der Waals surface area contributed by atoms with Crippen molar-refractivity contribution in [3.8, 4) is 6.07 Å². The zero-order chi connectivity index (χ0) is 9.19. The first-order valence-electron chi connectivity index (χ1n) is 3.74. The molecule has 1 aromatic carbocycles. The minimum Gasteiger partial charge on any atom is -0.198 e. The molecule has 0 unspecified atom stereocenters. The fraction of sp³-hybridized carbons (Fsp3) is 0.125. The summed E-state index contributed by atoms with van der Waals surface area (Å²) in [6.07, 6.45) is -1.92. The van der Waals surface area contributed by atoms with Crippen LogP contribution in [-0.2, 0) is 6.37 Å². The second-order valence-electron chi connectivity index (χ2n) is 1.72. The van der Waals surface area contributed by atoms with E-state index in [9.17, 15) is 0 Å². The van der Waals surface area contributed by atoms with Crippen molar-refractivity contribution in [3.63, 3.8) is 0 Å². The van der Waals surface area contributed by atoms with Gasteiger partial charge in [-0.25, -0.2) is 0 Å². The van der Waals surface area contributed by atoms with Crippen LogP contribution in [0, 0.1) is 11.3 Å². The minimum absolute atomic E-state index is 0.368. The van der Waals surface area contributed by atoms with E-state index >= 15 is 0 Å². The maximum atomic E-state index is 8.53. The van der Waals surface area contributed by atoms with E-state index in [4.69, 9.17) is 8.00 Å². The van der Waals surface area contributed by atoms with Gasteiger partial charge in [0.2, 0.25) is 0 Å². The number of benzene rings is 1. The molecule has 1 nitrogen and oxygen atoms in total. The third-order valence-electron chi connectivity index (χ3n) is 1.06. The average molecular weight is 198 g/mol. The lowest BCUT2D eigenvalue weighted by Crippen LogP contribution is -1.80. The summed E-state index contributed by atoms with van der Waals surface area (Å²) >= 11 is 3.18. The van der Waals surface area contributed by atoms with Gasteiger partial charge in [0, 0.05) is 7.21 Å². The van der Waals surface area contributed by atoms with Crippen LogP contribution >= 0.6 is 15.9 Å². The molecule has 0 spiro atoms. The summed E-state index contributed by atoms with van der Waals surface area (Å²) in [6, 6.07) is 8.39. The van der Waals surface area contributed by atoms with Gasteiger partial charge in [0.1, 0.15) is 0 Å². The first-order chi connectivity index (χ1) is 5.58. The standard InChI is InChI=1S/C8H6BrN/c9-8-4-2-1-3-7(8)5-6-10/h1-4H,5H2/i5D2. The lowest BCUT2D eigenvalue weighted by atomic mass is 10.2. The van der Waals surface area contributed by atoms with Gasteiger partial charge in [-0.1, -0.05) is 34.1 Å². The molecule has 0 aliphatic rings. The van der Waals surface area contributed by atoms with Crippen LogP contribution in [0.25, 0.3) is 0 Å². The molecule has 0 aromatic heterocycles. The van der Waals surface area contributed by atoms with Gasteiger partial charge in [-0.05, 0) is 11.6 Å². The van der Waals surface area contributed by atoms with Crippen molar-refractivity contribution in [1.82, 2.24) is 0 Å². The van der Waals surface area contributed by atoms with E-state index in [0.717, 1.165) is 0 Å². The summed E-state index contributed by atoms with van der Waals surface area (Å²) in [4.78, 5) is 0. The number of rotatable bonds is 1. The van der Waals surface area contributed by atoms with Crippen LogP contribution in [0.1, 0.15) is 8.30 Å². The van der Waals surface area contributed by atoms with Crippen molar-refractivity contribution in [2.75, 3.05) is 0 Å². The van der Waals surface area contributed by atoms with Crippen LogP contribution in [0.3, 0.4) is 0 Å². The molecule has 0 saturated carbocycles. The molecule has 0 bridgehead atoms. The summed E-state index contributed by atoms with van der Waals surface area (Å²) in [7, 11) is 0. The van der Waals surface area contributed by atoms with E-state index in [2.05, 4.69) is 15.9 Å². The Morgan fingerprint density at radius 3 is 2.90 bits per heavy atom. The molecule has 1 aromatic rings. The van der Waals surface area contributed by atoms with Gasteiger partial charge in [-0.2, -0.15) is 5.26 Å². The Balaban J connectivity index is 3.22. The molecule has 0 aliphatic carbocycles. The van der Waals surface area contributed by atoms with Crippen molar-refractivity contribution in [2.24, 2.45) is 0 Å². The molecule has 2 heteroatoms. The van der Waals surface area contributed by atoms with Gasteiger partial charge in [0.05, 0.1) is 12.4 Å². The Bertz CT molecular complexity index is 330. The van der Waals surface area contributed by atoms with Crippen LogP contribution in [0.15, 0.2) is 28.7 Å². The fourth-order valence-electron chi connectivity index (χ4n) is 0.623. The van der Waals surface area contributed by atoms with E-state index in [1.807, 2.05) is 0 Å². The Labute approximate surface area is 71.2 Å². The van der Waals surface area contributed by atoms with Crippen molar-refractivity contribution < 1.29 is 2.74 Å². The van der Waals surface area contributed by atoms with Gasteiger partial charge in [0.25, 0.3) is 0 Å². The number of nitrogens with zero attached hydrogens (tertiary/aromatic N) is 1. The molecule has 1 rings (SSSR count). The Hall–Kier alpha value is -0.810. The molecule has 0 N–H and O–H groups in total. The Morgan fingerprint density at radius 1 is 1.60 bits per heavy atom. The molecular weight excluding hydrogens is 190 g/mol. The normalized spacial score (nSPS) is 13.2. The SMILES string of the molecule is [2H]C([2H])(C#N)c1ccccc1Br. The number of halogens is 1. The van der Waals surface area contributed by atoms with E-state index in [1.165, 1.54) is 0 Å². The lowest BCUT2D eigenvalue weighted by Gasteiger charge is -1.95. The molecule has 0 saturated heterocycles. The number of nitriles is 1. The summed E-state index contributed by atoms with van der Waals surface area (Å²) < 4.78 is 15.3. The van der Waals surface area contributed by atoms with Gasteiger partial charge in [-0.3, -0.25) is 0 Å². The lowest BCUT2D eigenvalue weighted by molar-refractivity contribution is 1.25. The largest absolute Gasteiger partial charge is 0.198 e. The first kappa shape index (κ1) is 4.92. The van der Waals surface area contributed by atoms with Gasteiger partial charge >= 0.3 is 0 Å². The highest BCUT2D eigenvalue weighted by molar-refractivity contribution is 9.10. The third kappa shape index (κ3) is 1.58. The summed E-state index contributed by atoms with van der Waals surface area (Å²) in [6.45, 7) is 0. The molecule has 0 amide bonds. The van der Waals surface area contributed by atoms with Crippen LogP contribution < -0.4 is 0 Å². The highest BCUT2D eigenvalue weighted by Gasteiger charge is 1.94. The van der Waals surface area contributed by atoms with Crippen LogP contribution in [0.5, 0.6) is 0 Å². The first-order valence-corrected chi connectivity index (χ1v) is 3.53. The Kier molecular flexibility index (Phi) is 1.66. The van der Waals surface area contributed by atoms with Gasteiger partial charge in [0.15, 0.2) is 0 Å². The molecular formula is C8H6BrN. The highest BCUT2D eigenvalue weighted by atomic mass is 79.9. The molecule has 50 valence electrons. The maximum Gasteiger partial charge on any atom is 0.0670 e. The molecule has 10 heavy (non-hydrogen) atoms. The van der Waals surface area contributed by atoms with E-state index in [1.54, 1.807) is 30.3 Å². The van der Waals surface area contributed by atoms with Crippen molar-refractivity contribution in [2.45, 2.75) is 6.37 Å². The van der Waals surface area contributed by atoms with Crippen LogP contribution in [0.4, 0.5) is 0 Å². The van der Waals surface area contributed by atoms with Crippen molar-refractivity contribution in [3.05, 3.63) is 34.3 Å². The maximum absolute atomic E-state index is 8.53. The number of hydrogen-bond donors (Lipinski definition) is 0. The Morgan fingerprint density at radius 2 is 2.30 bits per heavy atom. The van der Waals surface area contributed by atoms with Crippen molar-refractivity contribution in [1.29, 1.82) is 5.26 Å². The quantitative estimate of drug-likeness (QED) is 0.680. The monoisotopic (exact) mass is 197 g/mol. The summed E-state index contributed by atoms with van der Waals surface area (Å²) in [5.41, 5.74) is 0.368. The third-order valence-corrected chi connectivity index (χ3v) is 1.76. The van der Waals surface area contributed by atoms with E-state index in [-0.39, 0.29) is 0 Å². The molecule has 0 fully saturated rings. The van der Waals surface area contributed by atoms with Gasteiger partial charge < -0.3 is 0 Å². The van der Waals surface area contributed by atoms with E-state index < -0.39 is 6.37 Å². The molecule has 0 aliphatic heterocycles. The predicted molar refractivity (Wildman–Crippen MR) is 43.5 cm³/mol. The smallest absolute Gasteiger partial charge is 0.0670 e. The van der Waals surface area contributed by atoms with Gasteiger partial charge in [-0.15, -0.1) is 0 Å². The predicted octanol–water partition coefficient (Wildman–Crippen LogP) is 2.52. The highest BCUT2D eigenvalue weighted by Crippen LogP contribution is 2.15. The fourth-order valence-corrected chi connectivity index (χ4v) is 1.01.